The van der Waals surface area contributed by atoms with E-state index in [1.54, 1.807) is 23.5 Å². The molecule has 2 N–H and O–H groups in total. The van der Waals surface area contributed by atoms with Crippen molar-refractivity contribution in [3.8, 4) is 21.6 Å². The lowest BCUT2D eigenvalue weighted by molar-refractivity contribution is 0.123. The van der Waals surface area contributed by atoms with Crippen LogP contribution in [0.4, 0.5) is 5.00 Å². The summed E-state index contributed by atoms with van der Waals surface area (Å²) in [5.74, 6) is 0. The second-order valence-corrected chi connectivity index (χ2v) is 7.64. The Kier molecular flexibility index (Phi) is 5.34. The van der Waals surface area contributed by atoms with Crippen molar-refractivity contribution in [2.24, 2.45) is 5.73 Å². The van der Waals surface area contributed by atoms with Crippen LogP contribution >= 0.6 is 11.3 Å². The van der Waals surface area contributed by atoms with Gasteiger partial charge in [-0.05, 0) is 22.3 Å². The van der Waals surface area contributed by atoms with Gasteiger partial charge in [0.05, 0.1) is 18.2 Å². The standard InChI is InChI=1S/C22H22N2O2S/c23-15-16-1-3-17(4-2-16)18-5-7-19(8-6-18)21-13-20(25)14-22(27-21)24-9-11-26-12-10-24/h1-8,13-14H,9-12,15,23H2. The van der Waals surface area contributed by atoms with Crippen molar-refractivity contribution in [1.82, 2.24) is 0 Å². The predicted molar refractivity (Wildman–Crippen MR) is 112 cm³/mol. The van der Waals surface area contributed by atoms with E-state index in [0.29, 0.717) is 19.8 Å². The highest BCUT2D eigenvalue weighted by Gasteiger charge is 2.14. The molecule has 3 aromatic rings. The molecule has 2 aromatic carbocycles. The van der Waals surface area contributed by atoms with Gasteiger partial charge in [-0.1, -0.05) is 48.5 Å². The molecule has 138 valence electrons. The Morgan fingerprint density at radius 3 is 2.11 bits per heavy atom. The van der Waals surface area contributed by atoms with Gasteiger partial charge in [0, 0.05) is 36.6 Å². The molecule has 0 unspecified atom stereocenters. The summed E-state index contributed by atoms with van der Waals surface area (Å²) in [5.41, 5.74) is 10.2. The fourth-order valence-corrected chi connectivity index (χ4v) is 4.35. The molecule has 4 nitrogen and oxygen atoms in total. The molecule has 5 heteroatoms. The van der Waals surface area contributed by atoms with E-state index < -0.39 is 0 Å². The summed E-state index contributed by atoms with van der Waals surface area (Å²) >= 11 is 1.66. The molecule has 1 aliphatic heterocycles. The molecular weight excluding hydrogens is 356 g/mol. The van der Waals surface area contributed by atoms with E-state index in [2.05, 4.69) is 53.4 Å². The number of hydrogen-bond donors (Lipinski definition) is 1. The monoisotopic (exact) mass is 378 g/mol. The van der Waals surface area contributed by atoms with Gasteiger partial charge in [0.25, 0.3) is 0 Å². The topological polar surface area (TPSA) is 55.6 Å². The first-order valence-corrected chi connectivity index (χ1v) is 9.92. The molecule has 0 bridgehead atoms. The fraction of sp³-hybridized carbons (Fsp3) is 0.227. The van der Waals surface area contributed by atoms with Crippen LogP contribution in [0.1, 0.15) is 5.56 Å². The lowest BCUT2D eigenvalue weighted by atomic mass is 10.0. The first kappa shape index (κ1) is 17.9. The van der Waals surface area contributed by atoms with E-state index in [-0.39, 0.29) is 5.43 Å². The quantitative estimate of drug-likeness (QED) is 0.751. The van der Waals surface area contributed by atoms with Gasteiger partial charge in [-0.25, -0.2) is 0 Å². The van der Waals surface area contributed by atoms with Crippen LogP contribution in [0.3, 0.4) is 0 Å². The maximum atomic E-state index is 12.2. The zero-order chi connectivity index (χ0) is 18.6. The first-order valence-electron chi connectivity index (χ1n) is 9.11. The Bertz CT molecular complexity index is 959. The Balaban J connectivity index is 1.61. The maximum absolute atomic E-state index is 12.2. The number of hydrogen-bond acceptors (Lipinski definition) is 5. The van der Waals surface area contributed by atoms with Crippen LogP contribution in [-0.2, 0) is 11.3 Å². The third kappa shape index (κ3) is 4.11. The van der Waals surface area contributed by atoms with Crippen LogP contribution in [0.2, 0.25) is 0 Å². The van der Waals surface area contributed by atoms with Gasteiger partial charge < -0.3 is 15.4 Å². The van der Waals surface area contributed by atoms with Crippen molar-refractivity contribution >= 4 is 16.3 Å². The van der Waals surface area contributed by atoms with Crippen molar-refractivity contribution in [2.45, 2.75) is 6.54 Å². The first-order chi connectivity index (χ1) is 13.2. The molecule has 0 aliphatic carbocycles. The molecular formula is C22H22N2O2S. The SMILES string of the molecule is NCc1ccc(-c2ccc(-c3cc(=O)cc(N4CCOCC4)s3)cc2)cc1. The molecule has 1 aromatic heterocycles. The molecule has 0 spiro atoms. The van der Waals surface area contributed by atoms with Crippen molar-refractivity contribution in [3.05, 3.63) is 76.5 Å². The Hall–Kier alpha value is -2.47. The second kappa shape index (κ2) is 8.05. The fourth-order valence-electron chi connectivity index (χ4n) is 3.21. The van der Waals surface area contributed by atoms with Gasteiger partial charge >= 0.3 is 0 Å². The summed E-state index contributed by atoms with van der Waals surface area (Å²) in [4.78, 5) is 15.4. The van der Waals surface area contributed by atoms with Gasteiger partial charge in [-0.3, -0.25) is 4.79 Å². The van der Waals surface area contributed by atoms with Crippen LogP contribution in [0.15, 0.2) is 65.5 Å². The smallest absolute Gasteiger partial charge is 0.182 e. The normalized spacial score (nSPS) is 14.3. The van der Waals surface area contributed by atoms with E-state index in [9.17, 15) is 4.79 Å². The predicted octanol–water partition coefficient (Wildman–Crippen LogP) is 3.74. The van der Waals surface area contributed by atoms with Gasteiger partial charge in [0.2, 0.25) is 0 Å². The molecule has 27 heavy (non-hydrogen) atoms. The van der Waals surface area contributed by atoms with E-state index >= 15 is 0 Å². The summed E-state index contributed by atoms with van der Waals surface area (Å²) < 4.78 is 5.41. The summed E-state index contributed by atoms with van der Waals surface area (Å²) in [7, 11) is 0. The summed E-state index contributed by atoms with van der Waals surface area (Å²) in [6.07, 6.45) is 0. The number of nitrogens with zero attached hydrogens (tertiary/aromatic N) is 1. The van der Waals surface area contributed by atoms with Crippen LogP contribution in [0, 0.1) is 0 Å². The third-order valence-electron chi connectivity index (χ3n) is 4.77. The average Bonchev–Trinajstić information content (AvgIpc) is 2.74. The summed E-state index contributed by atoms with van der Waals surface area (Å²) in [6, 6.07) is 20.1. The molecule has 0 saturated carbocycles. The number of benzene rings is 2. The molecule has 0 atom stereocenters. The molecule has 1 fully saturated rings. The van der Waals surface area contributed by atoms with Gasteiger partial charge in [-0.2, -0.15) is 0 Å². The number of anilines is 1. The molecule has 1 saturated heterocycles. The van der Waals surface area contributed by atoms with E-state index in [1.807, 2.05) is 0 Å². The minimum atomic E-state index is 0.0479. The minimum absolute atomic E-state index is 0.0479. The molecule has 2 heterocycles. The number of morpholine rings is 1. The minimum Gasteiger partial charge on any atom is -0.378 e. The van der Waals surface area contributed by atoms with Gasteiger partial charge in [-0.15, -0.1) is 11.3 Å². The molecule has 0 amide bonds. The summed E-state index contributed by atoms with van der Waals surface area (Å²) in [6.45, 7) is 3.64. The number of ether oxygens (including phenoxy) is 1. The lowest BCUT2D eigenvalue weighted by Crippen LogP contribution is -2.36. The molecule has 1 aliphatic rings. The highest BCUT2D eigenvalue weighted by Crippen LogP contribution is 2.31. The molecule has 4 rings (SSSR count). The van der Waals surface area contributed by atoms with Crippen LogP contribution in [0.25, 0.3) is 21.6 Å². The molecule has 0 radical (unpaired) electrons. The Morgan fingerprint density at radius 2 is 1.48 bits per heavy atom. The Labute approximate surface area is 162 Å². The van der Waals surface area contributed by atoms with E-state index in [0.717, 1.165) is 45.2 Å². The Morgan fingerprint density at radius 1 is 0.889 bits per heavy atom. The third-order valence-corrected chi connectivity index (χ3v) is 5.93. The lowest BCUT2D eigenvalue weighted by Gasteiger charge is -2.28. The zero-order valence-corrected chi connectivity index (χ0v) is 15.9. The van der Waals surface area contributed by atoms with Gasteiger partial charge in [0.1, 0.15) is 0 Å². The zero-order valence-electron chi connectivity index (χ0n) is 15.1. The van der Waals surface area contributed by atoms with Crippen molar-refractivity contribution in [1.29, 1.82) is 0 Å². The highest BCUT2D eigenvalue weighted by atomic mass is 32.1. The highest BCUT2D eigenvalue weighted by molar-refractivity contribution is 7.19. The van der Waals surface area contributed by atoms with Crippen LogP contribution in [0.5, 0.6) is 0 Å². The number of nitrogens with two attached hydrogens (primary N) is 1. The number of rotatable bonds is 4. The maximum Gasteiger partial charge on any atom is 0.182 e. The van der Waals surface area contributed by atoms with Crippen molar-refractivity contribution < 1.29 is 4.74 Å². The van der Waals surface area contributed by atoms with Crippen LogP contribution < -0.4 is 16.1 Å². The summed E-state index contributed by atoms with van der Waals surface area (Å²) in [5, 5.41) is 1.02. The van der Waals surface area contributed by atoms with Crippen molar-refractivity contribution in [2.75, 3.05) is 31.2 Å². The largest absolute Gasteiger partial charge is 0.378 e. The van der Waals surface area contributed by atoms with Crippen molar-refractivity contribution in [3.63, 3.8) is 0 Å². The van der Waals surface area contributed by atoms with E-state index in [4.69, 9.17) is 10.5 Å². The average molecular weight is 378 g/mol. The second-order valence-electron chi connectivity index (χ2n) is 6.57. The van der Waals surface area contributed by atoms with Crippen LogP contribution in [-0.4, -0.2) is 26.3 Å². The van der Waals surface area contributed by atoms with E-state index in [1.165, 1.54) is 0 Å². The van der Waals surface area contributed by atoms with Gasteiger partial charge in [0.15, 0.2) is 5.43 Å².